The fraction of sp³-hybridized carbons (Fsp3) is 0.462. The molecule has 1 amide bonds. The summed E-state index contributed by atoms with van der Waals surface area (Å²) in [7, 11) is 0. The normalized spacial score (nSPS) is 19.2. The smallest absolute Gasteiger partial charge is 0.305 e. The number of pyridine rings is 1. The zero-order valence-corrected chi connectivity index (χ0v) is 10.6. The van der Waals surface area contributed by atoms with Gasteiger partial charge in [0.05, 0.1) is 6.42 Å². The van der Waals surface area contributed by atoms with Crippen LogP contribution in [-0.2, 0) is 4.79 Å². The van der Waals surface area contributed by atoms with Crippen molar-refractivity contribution in [3.63, 3.8) is 0 Å². The van der Waals surface area contributed by atoms with Crippen LogP contribution in [0.5, 0.6) is 0 Å². The molecule has 3 N–H and O–H groups in total. The number of piperidine rings is 1. The first-order valence-electron chi connectivity index (χ1n) is 6.32. The molecule has 1 aromatic heterocycles. The number of carboxylic acid groups (broad SMARTS) is 1. The molecule has 0 saturated carbocycles. The van der Waals surface area contributed by atoms with Gasteiger partial charge in [0.15, 0.2) is 0 Å². The van der Waals surface area contributed by atoms with Crippen molar-refractivity contribution >= 4 is 17.6 Å². The van der Waals surface area contributed by atoms with Gasteiger partial charge in [0.25, 0.3) is 5.91 Å². The number of hydrogen-bond acceptors (Lipinski definition) is 4. The number of anilines is 1. The van der Waals surface area contributed by atoms with Crippen LogP contribution in [0.3, 0.4) is 0 Å². The lowest BCUT2D eigenvalue weighted by atomic mass is 9.98. The number of hydrogen-bond donors (Lipinski definition) is 2. The van der Waals surface area contributed by atoms with E-state index < -0.39 is 11.9 Å². The van der Waals surface area contributed by atoms with Gasteiger partial charge in [-0.1, -0.05) is 0 Å². The first-order valence-corrected chi connectivity index (χ1v) is 6.32. The number of aromatic nitrogens is 1. The molecule has 1 saturated heterocycles. The predicted molar refractivity (Wildman–Crippen MR) is 70.0 cm³/mol. The van der Waals surface area contributed by atoms with Gasteiger partial charge in [-0.3, -0.25) is 14.6 Å². The third kappa shape index (κ3) is 3.21. The van der Waals surface area contributed by atoms with Gasteiger partial charge in [0, 0.05) is 24.5 Å². The van der Waals surface area contributed by atoms with Gasteiger partial charge in [0.1, 0.15) is 5.69 Å². The SMILES string of the molecule is NC(=O)c1cc(N2CCCCC2CC(=O)O)ccn1. The number of carboxylic acids is 1. The minimum Gasteiger partial charge on any atom is -0.481 e. The summed E-state index contributed by atoms with van der Waals surface area (Å²) < 4.78 is 0. The van der Waals surface area contributed by atoms with Gasteiger partial charge in [0.2, 0.25) is 0 Å². The van der Waals surface area contributed by atoms with Crippen molar-refractivity contribution in [3.8, 4) is 0 Å². The Hall–Kier alpha value is -2.11. The number of nitrogens with zero attached hydrogens (tertiary/aromatic N) is 2. The maximum atomic E-state index is 11.1. The van der Waals surface area contributed by atoms with Crippen LogP contribution in [0, 0.1) is 0 Å². The molecule has 1 atom stereocenters. The van der Waals surface area contributed by atoms with Crippen LogP contribution in [0.2, 0.25) is 0 Å². The van der Waals surface area contributed by atoms with Gasteiger partial charge in [-0.25, -0.2) is 0 Å². The number of carbonyl (C=O) groups is 2. The highest BCUT2D eigenvalue weighted by Gasteiger charge is 2.25. The molecule has 1 aliphatic heterocycles. The molecule has 1 fully saturated rings. The van der Waals surface area contributed by atoms with Crippen molar-refractivity contribution in [2.24, 2.45) is 5.73 Å². The zero-order chi connectivity index (χ0) is 13.8. The highest BCUT2D eigenvalue weighted by atomic mass is 16.4. The monoisotopic (exact) mass is 263 g/mol. The second-order valence-corrected chi connectivity index (χ2v) is 4.70. The quantitative estimate of drug-likeness (QED) is 0.845. The minimum atomic E-state index is -0.805. The number of rotatable bonds is 4. The van der Waals surface area contributed by atoms with Crippen LogP contribution in [0.25, 0.3) is 0 Å². The average Bonchev–Trinajstić information content (AvgIpc) is 2.39. The third-order valence-electron chi connectivity index (χ3n) is 3.36. The molecule has 6 heteroatoms. The highest BCUT2D eigenvalue weighted by Crippen LogP contribution is 2.26. The van der Waals surface area contributed by atoms with E-state index in [1.165, 1.54) is 6.20 Å². The molecule has 1 unspecified atom stereocenters. The maximum Gasteiger partial charge on any atom is 0.305 e. The van der Waals surface area contributed by atoms with Crippen LogP contribution in [0.1, 0.15) is 36.2 Å². The van der Waals surface area contributed by atoms with Gasteiger partial charge in [-0.2, -0.15) is 0 Å². The summed E-state index contributed by atoms with van der Waals surface area (Å²) in [5, 5.41) is 8.96. The van der Waals surface area contributed by atoms with E-state index in [0.717, 1.165) is 31.5 Å². The van der Waals surface area contributed by atoms with E-state index >= 15 is 0 Å². The Morgan fingerprint density at radius 2 is 2.26 bits per heavy atom. The first kappa shape index (κ1) is 13.3. The topological polar surface area (TPSA) is 96.5 Å². The van der Waals surface area contributed by atoms with Crippen LogP contribution in [-0.4, -0.2) is 34.6 Å². The second-order valence-electron chi connectivity index (χ2n) is 4.70. The summed E-state index contributed by atoms with van der Waals surface area (Å²) >= 11 is 0. The Labute approximate surface area is 111 Å². The Kier molecular flexibility index (Phi) is 3.99. The largest absolute Gasteiger partial charge is 0.481 e. The van der Waals surface area contributed by atoms with Crippen molar-refractivity contribution in [1.82, 2.24) is 4.98 Å². The van der Waals surface area contributed by atoms with E-state index in [4.69, 9.17) is 10.8 Å². The minimum absolute atomic E-state index is 0.0330. The fourth-order valence-electron chi connectivity index (χ4n) is 2.49. The van der Waals surface area contributed by atoms with Gasteiger partial charge >= 0.3 is 5.97 Å². The molecule has 1 aromatic rings. The second kappa shape index (κ2) is 5.69. The molecular formula is C13H17N3O3. The van der Waals surface area contributed by atoms with E-state index in [2.05, 4.69) is 4.98 Å². The molecule has 0 spiro atoms. The summed E-state index contributed by atoms with van der Waals surface area (Å²) in [6.07, 6.45) is 4.53. The molecule has 2 rings (SSSR count). The molecular weight excluding hydrogens is 246 g/mol. The zero-order valence-electron chi connectivity index (χ0n) is 10.6. The molecule has 19 heavy (non-hydrogen) atoms. The molecule has 0 bridgehead atoms. The molecule has 0 radical (unpaired) electrons. The fourth-order valence-corrected chi connectivity index (χ4v) is 2.49. The van der Waals surface area contributed by atoms with E-state index in [-0.39, 0.29) is 18.2 Å². The van der Waals surface area contributed by atoms with E-state index in [1.807, 2.05) is 4.90 Å². The van der Waals surface area contributed by atoms with Gasteiger partial charge in [-0.15, -0.1) is 0 Å². The van der Waals surface area contributed by atoms with Crippen LogP contribution in [0.15, 0.2) is 18.3 Å². The standard InChI is InChI=1S/C13H17N3O3/c14-13(19)11-7-10(4-5-15-11)16-6-2-1-3-9(16)8-12(17)18/h4-5,7,9H,1-3,6,8H2,(H2,14,19)(H,17,18). The van der Waals surface area contributed by atoms with Crippen molar-refractivity contribution in [1.29, 1.82) is 0 Å². The molecule has 102 valence electrons. The molecule has 0 aliphatic carbocycles. The van der Waals surface area contributed by atoms with Gasteiger partial charge < -0.3 is 15.7 Å². The lowest BCUT2D eigenvalue weighted by molar-refractivity contribution is -0.137. The van der Waals surface area contributed by atoms with Gasteiger partial charge in [-0.05, 0) is 31.4 Å². The van der Waals surface area contributed by atoms with Crippen LogP contribution < -0.4 is 10.6 Å². The third-order valence-corrected chi connectivity index (χ3v) is 3.36. The molecule has 1 aliphatic rings. The predicted octanol–water partition coefficient (Wildman–Crippen LogP) is 1.01. The molecule has 6 nitrogen and oxygen atoms in total. The number of nitrogens with two attached hydrogens (primary N) is 1. The summed E-state index contributed by atoms with van der Waals surface area (Å²) in [5.74, 6) is -1.38. The van der Waals surface area contributed by atoms with Crippen molar-refractivity contribution in [2.45, 2.75) is 31.7 Å². The summed E-state index contributed by atoms with van der Waals surface area (Å²) in [6.45, 7) is 0.792. The number of carbonyl (C=O) groups excluding carboxylic acids is 1. The van der Waals surface area contributed by atoms with E-state index in [0.29, 0.717) is 0 Å². The Morgan fingerprint density at radius 3 is 2.95 bits per heavy atom. The van der Waals surface area contributed by atoms with Crippen molar-refractivity contribution in [3.05, 3.63) is 24.0 Å². The van der Waals surface area contributed by atoms with Crippen molar-refractivity contribution < 1.29 is 14.7 Å². The average molecular weight is 263 g/mol. The van der Waals surface area contributed by atoms with Crippen molar-refractivity contribution in [2.75, 3.05) is 11.4 Å². The number of amides is 1. The summed E-state index contributed by atoms with van der Waals surface area (Å²) in [5.41, 5.74) is 6.23. The van der Waals surface area contributed by atoms with E-state index in [9.17, 15) is 9.59 Å². The Bertz CT molecular complexity index is 490. The highest BCUT2D eigenvalue weighted by molar-refractivity contribution is 5.91. The maximum absolute atomic E-state index is 11.1. The molecule has 0 aromatic carbocycles. The lowest BCUT2D eigenvalue weighted by Gasteiger charge is -2.36. The summed E-state index contributed by atoms with van der Waals surface area (Å²) in [4.78, 5) is 28.0. The Balaban J connectivity index is 2.24. The number of primary amides is 1. The molecule has 2 heterocycles. The Morgan fingerprint density at radius 1 is 1.47 bits per heavy atom. The lowest BCUT2D eigenvalue weighted by Crippen LogP contribution is -2.41. The first-order chi connectivity index (χ1) is 9.08. The summed E-state index contributed by atoms with van der Waals surface area (Å²) in [6, 6.07) is 3.38. The number of aliphatic carboxylic acids is 1. The van der Waals surface area contributed by atoms with Crippen LogP contribution in [0.4, 0.5) is 5.69 Å². The van der Waals surface area contributed by atoms with Crippen LogP contribution >= 0.6 is 0 Å². The van der Waals surface area contributed by atoms with E-state index in [1.54, 1.807) is 12.1 Å².